The summed E-state index contributed by atoms with van der Waals surface area (Å²) < 4.78 is 0. The molecule has 1 aromatic heterocycles. The molecule has 2 heterocycles. The molecule has 0 radical (unpaired) electrons. The molecule has 0 spiro atoms. The van der Waals surface area contributed by atoms with Crippen molar-refractivity contribution in [3.05, 3.63) is 60.4 Å². The van der Waals surface area contributed by atoms with Gasteiger partial charge in [-0.3, -0.25) is 14.6 Å². The molecular formula is C20H23N3O2. The van der Waals surface area contributed by atoms with Gasteiger partial charge in [0.05, 0.1) is 17.8 Å². The summed E-state index contributed by atoms with van der Waals surface area (Å²) in [6.07, 6.45) is 3.59. The smallest absolute Gasteiger partial charge is 0.228 e. The lowest BCUT2D eigenvalue weighted by Crippen LogP contribution is -2.41. The molecule has 3 rings (SSSR count). The van der Waals surface area contributed by atoms with Crippen molar-refractivity contribution >= 4 is 17.5 Å². The van der Waals surface area contributed by atoms with Gasteiger partial charge >= 0.3 is 0 Å². The molecule has 1 atom stereocenters. The fourth-order valence-corrected chi connectivity index (χ4v) is 3.17. The van der Waals surface area contributed by atoms with Crippen molar-refractivity contribution in [1.29, 1.82) is 0 Å². The van der Waals surface area contributed by atoms with E-state index in [2.05, 4.69) is 4.98 Å². The molecule has 5 heteroatoms. The van der Waals surface area contributed by atoms with Crippen LogP contribution in [0.2, 0.25) is 0 Å². The molecule has 2 amide bonds. The van der Waals surface area contributed by atoms with Gasteiger partial charge in [0.25, 0.3) is 0 Å². The molecule has 5 nitrogen and oxygen atoms in total. The number of pyridine rings is 1. The zero-order valence-electron chi connectivity index (χ0n) is 14.6. The summed E-state index contributed by atoms with van der Waals surface area (Å²) in [5, 5.41) is 0. The molecule has 2 aromatic rings. The van der Waals surface area contributed by atoms with Crippen LogP contribution in [0.5, 0.6) is 0 Å². The van der Waals surface area contributed by atoms with E-state index in [4.69, 9.17) is 0 Å². The van der Waals surface area contributed by atoms with Crippen LogP contribution in [0.3, 0.4) is 0 Å². The van der Waals surface area contributed by atoms with Crippen molar-refractivity contribution in [2.75, 3.05) is 11.4 Å². The highest BCUT2D eigenvalue weighted by molar-refractivity contribution is 6.00. The average Bonchev–Trinajstić information content (AvgIpc) is 3.02. The topological polar surface area (TPSA) is 53.5 Å². The summed E-state index contributed by atoms with van der Waals surface area (Å²) in [5.41, 5.74) is 1.85. The number of rotatable bonds is 5. The number of hydrogen-bond acceptors (Lipinski definition) is 3. The van der Waals surface area contributed by atoms with Gasteiger partial charge in [-0.2, -0.15) is 0 Å². The highest BCUT2D eigenvalue weighted by atomic mass is 16.2. The summed E-state index contributed by atoms with van der Waals surface area (Å²) in [7, 11) is 0. The second kappa shape index (κ2) is 7.47. The molecule has 1 fully saturated rings. The maximum Gasteiger partial charge on any atom is 0.228 e. The van der Waals surface area contributed by atoms with E-state index in [0.29, 0.717) is 13.1 Å². The first kappa shape index (κ1) is 17.1. The van der Waals surface area contributed by atoms with Gasteiger partial charge in [0.15, 0.2) is 0 Å². The van der Waals surface area contributed by atoms with Crippen molar-refractivity contribution < 1.29 is 9.59 Å². The summed E-state index contributed by atoms with van der Waals surface area (Å²) in [6, 6.07) is 13.7. The normalized spacial score (nSPS) is 17.2. The number of hydrogen-bond donors (Lipinski definition) is 0. The van der Waals surface area contributed by atoms with E-state index < -0.39 is 0 Å². The highest BCUT2D eigenvalue weighted by Crippen LogP contribution is 2.26. The number of anilines is 1. The summed E-state index contributed by atoms with van der Waals surface area (Å²) in [4.78, 5) is 33.0. The molecule has 1 aromatic carbocycles. The fraction of sp³-hybridized carbons (Fsp3) is 0.350. The quantitative estimate of drug-likeness (QED) is 0.843. The van der Waals surface area contributed by atoms with E-state index in [0.717, 1.165) is 11.3 Å². The molecule has 0 bridgehead atoms. The Balaban J connectivity index is 1.73. The van der Waals surface area contributed by atoms with Crippen LogP contribution in [0.25, 0.3) is 0 Å². The maximum atomic E-state index is 13.0. The molecule has 1 saturated heterocycles. The minimum absolute atomic E-state index is 0.0187. The average molecular weight is 337 g/mol. The number of carbonyl (C=O) groups excluding carboxylic acids is 2. The van der Waals surface area contributed by atoms with Crippen molar-refractivity contribution in [3.63, 3.8) is 0 Å². The largest absolute Gasteiger partial charge is 0.336 e. The molecule has 0 saturated carbocycles. The summed E-state index contributed by atoms with van der Waals surface area (Å²) in [6.45, 7) is 5.00. The predicted molar refractivity (Wildman–Crippen MR) is 96.8 cm³/mol. The molecule has 25 heavy (non-hydrogen) atoms. The van der Waals surface area contributed by atoms with Gasteiger partial charge in [-0.1, -0.05) is 30.3 Å². The van der Waals surface area contributed by atoms with Gasteiger partial charge in [-0.25, -0.2) is 0 Å². The lowest BCUT2D eigenvalue weighted by Gasteiger charge is -2.29. The molecule has 1 aliphatic heterocycles. The van der Waals surface area contributed by atoms with Gasteiger partial charge in [-0.05, 0) is 31.5 Å². The molecule has 130 valence electrons. The SMILES string of the molecule is CC(C)N(Cc1ccccc1)C(=O)C1CC(=O)N(c2cccnc2)C1. The Labute approximate surface area is 148 Å². The monoisotopic (exact) mass is 337 g/mol. The number of carbonyl (C=O) groups is 2. The molecular weight excluding hydrogens is 314 g/mol. The van der Waals surface area contributed by atoms with Gasteiger partial charge in [0.2, 0.25) is 11.8 Å². The summed E-state index contributed by atoms with van der Waals surface area (Å²) >= 11 is 0. The third-order valence-corrected chi connectivity index (χ3v) is 4.53. The Morgan fingerprint density at radius 1 is 1.24 bits per heavy atom. The summed E-state index contributed by atoms with van der Waals surface area (Å²) in [5.74, 6) is -0.285. The molecule has 0 N–H and O–H groups in total. The Hall–Kier alpha value is -2.69. The zero-order valence-corrected chi connectivity index (χ0v) is 14.6. The van der Waals surface area contributed by atoms with Crippen LogP contribution in [-0.4, -0.2) is 34.3 Å². The number of benzene rings is 1. The second-order valence-electron chi connectivity index (χ2n) is 6.66. The first-order chi connectivity index (χ1) is 12.1. The van der Waals surface area contributed by atoms with Crippen LogP contribution in [-0.2, 0) is 16.1 Å². The van der Waals surface area contributed by atoms with Gasteiger partial charge < -0.3 is 9.80 Å². The van der Waals surface area contributed by atoms with Crippen molar-refractivity contribution in [2.45, 2.75) is 32.9 Å². The van der Waals surface area contributed by atoms with Crippen LogP contribution in [0.1, 0.15) is 25.8 Å². The molecule has 1 aliphatic rings. The van der Waals surface area contributed by atoms with Crippen LogP contribution < -0.4 is 4.90 Å². The van der Waals surface area contributed by atoms with E-state index in [1.54, 1.807) is 23.4 Å². The molecule has 1 unspecified atom stereocenters. The van der Waals surface area contributed by atoms with Gasteiger partial charge in [0, 0.05) is 31.7 Å². The van der Waals surface area contributed by atoms with E-state index in [1.165, 1.54) is 0 Å². The zero-order chi connectivity index (χ0) is 17.8. The minimum atomic E-state index is -0.307. The van der Waals surface area contributed by atoms with Crippen molar-refractivity contribution in [2.24, 2.45) is 5.92 Å². The van der Waals surface area contributed by atoms with E-state index in [1.807, 2.05) is 55.1 Å². The number of aromatic nitrogens is 1. The van der Waals surface area contributed by atoms with Crippen molar-refractivity contribution in [3.8, 4) is 0 Å². The fourth-order valence-electron chi connectivity index (χ4n) is 3.17. The Morgan fingerprint density at radius 3 is 2.64 bits per heavy atom. The molecule has 0 aliphatic carbocycles. The van der Waals surface area contributed by atoms with Crippen molar-refractivity contribution in [1.82, 2.24) is 9.88 Å². The maximum absolute atomic E-state index is 13.0. The Morgan fingerprint density at radius 2 is 2.00 bits per heavy atom. The first-order valence-electron chi connectivity index (χ1n) is 8.61. The van der Waals surface area contributed by atoms with E-state index in [9.17, 15) is 9.59 Å². The number of nitrogens with zero attached hydrogens (tertiary/aromatic N) is 3. The van der Waals surface area contributed by atoms with Crippen LogP contribution in [0.4, 0.5) is 5.69 Å². The first-order valence-corrected chi connectivity index (χ1v) is 8.61. The van der Waals surface area contributed by atoms with Gasteiger partial charge in [-0.15, -0.1) is 0 Å². The minimum Gasteiger partial charge on any atom is -0.336 e. The lowest BCUT2D eigenvalue weighted by atomic mass is 10.1. The van der Waals surface area contributed by atoms with Crippen LogP contribution in [0, 0.1) is 5.92 Å². The second-order valence-corrected chi connectivity index (χ2v) is 6.66. The van der Waals surface area contributed by atoms with Crippen LogP contribution >= 0.6 is 0 Å². The Bertz CT molecular complexity index is 731. The van der Waals surface area contributed by atoms with E-state index in [-0.39, 0.29) is 30.2 Å². The lowest BCUT2D eigenvalue weighted by molar-refractivity contribution is -0.138. The third-order valence-electron chi connectivity index (χ3n) is 4.53. The number of amides is 2. The van der Waals surface area contributed by atoms with E-state index >= 15 is 0 Å². The Kier molecular flexibility index (Phi) is 5.12. The van der Waals surface area contributed by atoms with Gasteiger partial charge in [0.1, 0.15) is 0 Å². The third kappa shape index (κ3) is 3.87. The van der Waals surface area contributed by atoms with Crippen LogP contribution in [0.15, 0.2) is 54.9 Å². The highest BCUT2D eigenvalue weighted by Gasteiger charge is 2.37. The standard InChI is InChI=1S/C20H23N3O2/c1-15(2)22(13-16-7-4-3-5-8-16)20(25)17-11-19(24)23(14-17)18-9-6-10-21-12-18/h3-10,12,15,17H,11,13-14H2,1-2H3. The predicted octanol–water partition coefficient (Wildman–Crippen LogP) is 2.87.